The number of alkyl halides is 1. The third kappa shape index (κ3) is 3.16. The zero-order chi connectivity index (χ0) is 14.8. The third-order valence-corrected chi connectivity index (χ3v) is 4.63. The second kappa shape index (κ2) is 6.23. The van der Waals surface area contributed by atoms with Gasteiger partial charge in [0.25, 0.3) is 0 Å². The Kier molecular flexibility index (Phi) is 4.35. The topological polar surface area (TPSA) is 49.2 Å². The van der Waals surface area contributed by atoms with Crippen molar-refractivity contribution >= 4 is 27.5 Å². The molecule has 0 saturated carbocycles. The summed E-state index contributed by atoms with van der Waals surface area (Å²) in [6.07, 6.45) is 2.90. The SMILES string of the molecule is CCC(Br)c1cn(Cc2cc(Cl)c3c(c2)OCCO3)nn1. The summed E-state index contributed by atoms with van der Waals surface area (Å²) in [5, 5.41) is 8.88. The van der Waals surface area contributed by atoms with Crippen molar-refractivity contribution in [2.45, 2.75) is 24.7 Å². The van der Waals surface area contributed by atoms with Gasteiger partial charge in [-0.3, -0.25) is 0 Å². The molecule has 0 spiro atoms. The van der Waals surface area contributed by atoms with Crippen molar-refractivity contribution in [2.75, 3.05) is 13.2 Å². The van der Waals surface area contributed by atoms with Crippen LogP contribution in [0.3, 0.4) is 0 Å². The zero-order valence-corrected chi connectivity index (χ0v) is 13.9. The molecule has 0 saturated heterocycles. The second-order valence-electron chi connectivity index (χ2n) is 4.82. The highest BCUT2D eigenvalue weighted by Crippen LogP contribution is 2.38. The van der Waals surface area contributed by atoms with E-state index in [9.17, 15) is 0 Å². The van der Waals surface area contributed by atoms with Crippen LogP contribution in [0.5, 0.6) is 11.5 Å². The molecular formula is C14H15BrClN3O2. The normalized spacial score (nSPS) is 15.0. The van der Waals surface area contributed by atoms with Crippen LogP contribution in [0.1, 0.15) is 29.4 Å². The minimum atomic E-state index is 0.232. The van der Waals surface area contributed by atoms with Crippen molar-refractivity contribution in [3.8, 4) is 11.5 Å². The standard InChI is InChI=1S/C14H15BrClN3O2/c1-2-10(15)12-8-19(18-17-12)7-9-5-11(16)14-13(6-9)20-3-4-21-14/h5-6,8,10H,2-4,7H2,1H3. The van der Waals surface area contributed by atoms with E-state index in [4.69, 9.17) is 21.1 Å². The molecule has 2 heterocycles. The first-order valence-electron chi connectivity index (χ1n) is 6.79. The van der Waals surface area contributed by atoms with E-state index in [2.05, 4.69) is 33.2 Å². The number of nitrogens with zero attached hydrogens (tertiary/aromatic N) is 3. The molecule has 0 radical (unpaired) electrons. The highest BCUT2D eigenvalue weighted by Gasteiger charge is 2.17. The summed E-state index contributed by atoms with van der Waals surface area (Å²) in [5.74, 6) is 1.31. The van der Waals surface area contributed by atoms with Gasteiger partial charge < -0.3 is 9.47 Å². The van der Waals surface area contributed by atoms with Crippen LogP contribution in [0.25, 0.3) is 0 Å². The van der Waals surface area contributed by atoms with Gasteiger partial charge in [0.05, 0.1) is 22.1 Å². The van der Waals surface area contributed by atoms with Crippen LogP contribution in [0.15, 0.2) is 18.3 Å². The zero-order valence-electron chi connectivity index (χ0n) is 11.6. The van der Waals surface area contributed by atoms with Crippen LogP contribution in [0, 0.1) is 0 Å². The van der Waals surface area contributed by atoms with Gasteiger partial charge in [0.2, 0.25) is 0 Å². The third-order valence-electron chi connectivity index (χ3n) is 3.24. The fraction of sp³-hybridized carbons (Fsp3) is 0.429. The first-order chi connectivity index (χ1) is 10.2. The molecule has 1 aromatic heterocycles. The molecule has 5 nitrogen and oxygen atoms in total. The Hall–Kier alpha value is -1.27. The molecule has 0 amide bonds. The summed E-state index contributed by atoms with van der Waals surface area (Å²) in [5.41, 5.74) is 1.93. The molecule has 0 N–H and O–H groups in total. The first-order valence-corrected chi connectivity index (χ1v) is 8.09. The summed E-state index contributed by atoms with van der Waals surface area (Å²) in [7, 11) is 0. The predicted octanol–water partition coefficient (Wildman–Crippen LogP) is 3.60. The molecule has 1 atom stereocenters. The van der Waals surface area contributed by atoms with Gasteiger partial charge in [-0.05, 0) is 24.1 Å². The summed E-state index contributed by atoms with van der Waals surface area (Å²) < 4.78 is 12.9. The average Bonchev–Trinajstić information content (AvgIpc) is 2.95. The van der Waals surface area contributed by atoms with Gasteiger partial charge in [0.1, 0.15) is 13.2 Å². The van der Waals surface area contributed by atoms with E-state index in [1.165, 1.54) is 0 Å². The maximum absolute atomic E-state index is 6.23. The van der Waals surface area contributed by atoms with Crippen LogP contribution in [-0.2, 0) is 6.54 Å². The lowest BCUT2D eigenvalue weighted by atomic mass is 10.2. The number of hydrogen-bond acceptors (Lipinski definition) is 4. The molecule has 112 valence electrons. The van der Waals surface area contributed by atoms with Gasteiger partial charge in [-0.25, -0.2) is 4.68 Å². The van der Waals surface area contributed by atoms with E-state index >= 15 is 0 Å². The fourth-order valence-electron chi connectivity index (χ4n) is 2.19. The Bertz CT molecular complexity index is 647. The quantitative estimate of drug-likeness (QED) is 0.770. The summed E-state index contributed by atoms with van der Waals surface area (Å²) >= 11 is 9.80. The molecule has 1 unspecified atom stereocenters. The van der Waals surface area contributed by atoms with Gasteiger partial charge in [-0.1, -0.05) is 39.7 Å². The van der Waals surface area contributed by atoms with Crippen molar-refractivity contribution in [2.24, 2.45) is 0 Å². The predicted molar refractivity (Wildman–Crippen MR) is 83.5 cm³/mol. The molecule has 2 aromatic rings. The van der Waals surface area contributed by atoms with Gasteiger partial charge in [-0.2, -0.15) is 0 Å². The highest BCUT2D eigenvalue weighted by molar-refractivity contribution is 9.09. The minimum Gasteiger partial charge on any atom is -0.486 e. The Morgan fingerprint density at radius 3 is 3.00 bits per heavy atom. The smallest absolute Gasteiger partial charge is 0.179 e. The van der Waals surface area contributed by atoms with Crippen molar-refractivity contribution in [1.82, 2.24) is 15.0 Å². The lowest BCUT2D eigenvalue weighted by molar-refractivity contribution is 0.171. The molecule has 1 aromatic carbocycles. The van der Waals surface area contributed by atoms with Crippen LogP contribution in [-0.4, -0.2) is 28.2 Å². The van der Waals surface area contributed by atoms with E-state index in [0.717, 1.165) is 17.7 Å². The minimum absolute atomic E-state index is 0.232. The second-order valence-corrected chi connectivity index (χ2v) is 6.33. The number of ether oxygens (including phenoxy) is 2. The molecule has 3 rings (SSSR count). The number of halogens is 2. The Morgan fingerprint density at radius 1 is 1.38 bits per heavy atom. The van der Waals surface area contributed by atoms with E-state index in [1.54, 1.807) is 4.68 Å². The molecule has 0 bridgehead atoms. The fourth-order valence-corrected chi connectivity index (χ4v) is 2.68. The molecular weight excluding hydrogens is 358 g/mol. The van der Waals surface area contributed by atoms with Crippen LogP contribution >= 0.6 is 27.5 Å². The number of fused-ring (bicyclic) bond motifs is 1. The number of benzene rings is 1. The lowest BCUT2D eigenvalue weighted by Gasteiger charge is -2.20. The first kappa shape index (κ1) is 14.7. The van der Waals surface area contributed by atoms with Gasteiger partial charge in [-0.15, -0.1) is 5.10 Å². The van der Waals surface area contributed by atoms with Gasteiger partial charge >= 0.3 is 0 Å². The van der Waals surface area contributed by atoms with Crippen molar-refractivity contribution < 1.29 is 9.47 Å². The molecule has 21 heavy (non-hydrogen) atoms. The maximum atomic E-state index is 6.23. The number of aromatic nitrogens is 3. The van der Waals surface area contributed by atoms with E-state index in [1.807, 2.05) is 18.3 Å². The van der Waals surface area contributed by atoms with E-state index < -0.39 is 0 Å². The number of rotatable bonds is 4. The molecule has 0 aliphatic carbocycles. The van der Waals surface area contributed by atoms with E-state index in [-0.39, 0.29) is 4.83 Å². The van der Waals surface area contributed by atoms with Crippen LogP contribution < -0.4 is 9.47 Å². The monoisotopic (exact) mass is 371 g/mol. The van der Waals surface area contributed by atoms with Gasteiger partial charge in [0.15, 0.2) is 11.5 Å². The Labute approximate surface area is 136 Å². The largest absolute Gasteiger partial charge is 0.486 e. The molecule has 0 fully saturated rings. The maximum Gasteiger partial charge on any atom is 0.179 e. The van der Waals surface area contributed by atoms with Crippen molar-refractivity contribution in [3.63, 3.8) is 0 Å². The van der Waals surface area contributed by atoms with Crippen molar-refractivity contribution in [1.29, 1.82) is 0 Å². The Balaban J connectivity index is 1.81. The summed E-state index contributed by atoms with van der Waals surface area (Å²) in [6.45, 7) is 3.76. The summed E-state index contributed by atoms with van der Waals surface area (Å²) in [4.78, 5) is 0.232. The highest BCUT2D eigenvalue weighted by atomic mass is 79.9. The van der Waals surface area contributed by atoms with Gasteiger partial charge in [0, 0.05) is 6.20 Å². The molecule has 7 heteroatoms. The Morgan fingerprint density at radius 2 is 2.19 bits per heavy atom. The molecule has 1 aliphatic rings. The lowest BCUT2D eigenvalue weighted by Crippen LogP contribution is -2.16. The van der Waals surface area contributed by atoms with Crippen molar-refractivity contribution in [3.05, 3.63) is 34.6 Å². The van der Waals surface area contributed by atoms with Crippen LogP contribution in [0.4, 0.5) is 0 Å². The van der Waals surface area contributed by atoms with E-state index in [0.29, 0.717) is 36.3 Å². The van der Waals surface area contributed by atoms with Crippen LogP contribution in [0.2, 0.25) is 5.02 Å². The number of hydrogen-bond donors (Lipinski definition) is 0. The molecule has 1 aliphatic heterocycles. The average molecular weight is 373 g/mol. The summed E-state index contributed by atoms with van der Waals surface area (Å²) in [6, 6.07) is 3.81.